The van der Waals surface area contributed by atoms with E-state index in [0.29, 0.717) is 26.3 Å². The summed E-state index contributed by atoms with van der Waals surface area (Å²) >= 11 is 0. The van der Waals surface area contributed by atoms with Crippen molar-refractivity contribution in [2.24, 2.45) is 0 Å². The summed E-state index contributed by atoms with van der Waals surface area (Å²) < 4.78 is 14.1. The van der Waals surface area contributed by atoms with Crippen LogP contribution >= 0.6 is 0 Å². The van der Waals surface area contributed by atoms with Crippen LogP contribution < -0.4 is 5.32 Å². The molecule has 1 aliphatic rings. The number of hydrogen-bond donors (Lipinski definition) is 1. The highest BCUT2D eigenvalue weighted by atomic mass is 16.6. The molecule has 1 saturated heterocycles. The molecule has 0 aromatic heterocycles. The quantitative estimate of drug-likeness (QED) is 0.511. The van der Waals surface area contributed by atoms with Crippen molar-refractivity contribution in [1.82, 2.24) is 10.2 Å². The summed E-state index contributed by atoms with van der Waals surface area (Å²) in [6.45, 7) is 1.82. The fourth-order valence-corrected chi connectivity index (χ4v) is 1.06. The smallest absolute Gasteiger partial charge is 0.378 e. The third kappa shape index (κ3) is 4.13. The molecule has 7 nitrogen and oxygen atoms in total. The number of alkyl carbamates (subject to hydrolysis) is 1. The zero-order valence-electron chi connectivity index (χ0n) is 8.52. The number of methoxy groups -OCH3 is 1. The molecule has 0 bridgehead atoms. The molecule has 0 saturated carbocycles. The first-order valence-electron chi connectivity index (χ1n) is 4.55. The second kappa shape index (κ2) is 6.20. The molecule has 0 spiro atoms. The van der Waals surface area contributed by atoms with Crippen LogP contribution in [-0.4, -0.2) is 57.2 Å². The number of carbonyl (C=O) groups excluding carboxylic acids is 2. The van der Waals surface area contributed by atoms with Crippen LogP contribution in [0.25, 0.3) is 0 Å². The fraction of sp³-hybridized carbons (Fsp3) is 0.750. The molecule has 2 amide bonds. The topological polar surface area (TPSA) is 77.1 Å². The van der Waals surface area contributed by atoms with E-state index in [-0.39, 0.29) is 6.73 Å². The Labute approximate surface area is 87.3 Å². The molecule has 1 N–H and O–H groups in total. The van der Waals surface area contributed by atoms with E-state index in [1.54, 1.807) is 0 Å². The Balaban J connectivity index is 2.24. The molecular weight excluding hydrogens is 204 g/mol. The van der Waals surface area contributed by atoms with Crippen LogP contribution in [-0.2, 0) is 14.2 Å². The van der Waals surface area contributed by atoms with Crippen molar-refractivity contribution in [3.05, 3.63) is 0 Å². The molecule has 15 heavy (non-hydrogen) atoms. The number of morpholine rings is 1. The lowest BCUT2D eigenvalue weighted by Gasteiger charge is -2.25. The van der Waals surface area contributed by atoms with E-state index in [2.05, 4.69) is 14.8 Å². The van der Waals surface area contributed by atoms with Crippen molar-refractivity contribution in [2.45, 2.75) is 0 Å². The minimum atomic E-state index is -0.812. The van der Waals surface area contributed by atoms with Crippen molar-refractivity contribution in [3.8, 4) is 0 Å². The van der Waals surface area contributed by atoms with Gasteiger partial charge in [-0.3, -0.25) is 5.32 Å². The summed E-state index contributed by atoms with van der Waals surface area (Å²) in [6.07, 6.45) is -1.47. The van der Waals surface area contributed by atoms with Crippen LogP contribution in [0.1, 0.15) is 0 Å². The van der Waals surface area contributed by atoms with E-state index in [1.807, 2.05) is 0 Å². The Morgan fingerprint density at radius 2 is 2.07 bits per heavy atom. The summed E-state index contributed by atoms with van der Waals surface area (Å²) in [7, 11) is 1.42. The van der Waals surface area contributed by atoms with Crippen molar-refractivity contribution in [2.75, 3.05) is 40.1 Å². The minimum Gasteiger partial charge on any atom is -0.378 e. The number of rotatable bonds is 2. The minimum absolute atomic E-state index is 0.00915. The Hall–Kier alpha value is -1.34. The van der Waals surface area contributed by atoms with E-state index in [1.165, 1.54) is 12.0 Å². The van der Waals surface area contributed by atoms with Gasteiger partial charge < -0.3 is 19.1 Å². The van der Waals surface area contributed by atoms with Gasteiger partial charge in [0.2, 0.25) is 0 Å². The molecule has 0 aromatic carbocycles. The number of hydrogen-bond acceptors (Lipinski definition) is 5. The molecule has 0 aromatic rings. The lowest BCUT2D eigenvalue weighted by Crippen LogP contribution is -2.43. The van der Waals surface area contributed by atoms with E-state index in [9.17, 15) is 9.59 Å². The highest BCUT2D eigenvalue weighted by molar-refractivity contribution is 5.83. The molecule has 0 unspecified atom stereocenters. The van der Waals surface area contributed by atoms with Crippen LogP contribution in [0, 0.1) is 0 Å². The first-order valence-corrected chi connectivity index (χ1v) is 4.55. The van der Waals surface area contributed by atoms with Gasteiger partial charge in [-0.25, -0.2) is 9.59 Å². The number of ether oxygens (including phenoxy) is 3. The molecular formula is C8H14N2O5. The average molecular weight is 218 g/mol. The maximum atomic E-state index is 11.3. The average Bonchev–Trinajstić information content (AvgIpc) is 2.27. The third-order valence-electron chi connectivity index (χ3n) is 1.81. The van der Waals surface area contributed by atoms with Crippen molar-refractivity contribution in [1.29, 1.82) is 0 Å². The Kier molecular flexibility index (Phi) is 4.85. The van der Waals surface area contributed by atoms with Gasteiger partial charge in [-0.15, -0.1) is 0 Å². The summed E-state index contributed by atoms with van der Waals surface area (Å²) in [5.74, 6) is 0. The monoisotopic (exact) mass is 218 g/mol. The number of nitrogens with zero attached hydrogens (tertiary/aromatic N) is 1. The highest BCUT2D eigenvalue weighted by Gasteiger charge is 2.20. The predicted octanol–water partition coefficient (Wildman–Crippen LogP) is -0.231. The first kappa shape index (κ1) is 11.7. The van der Waals surface area contributed by atoms with Gasteiger partial charge in [0.15, 0.2) is 0 Å². The molecule has 0 aliphatic carbocycles. The van der Waals surface area contributed by atoms with Gasteiger partial charge in [0.05, 0.1) is 13.2 Å². The second-order valence-corrected chi connectivity index (χ2v) is 2.86. The van der Waals surface area contributed by atoms with E-state index in [0.717, 1.165) is 0 Å². The van der Waals surface area contributed by atoms with Crippen LogP contribution in [0.2, 0.25) is 0 Å². The van der Waals surface area contributed by atoms with Gasteiger partial charge in [0.25, 0.3) is 0 Å². The Morgan fingerprint density at radius 1 is 1.40 bits per heavy atom. The lowest BCUT2D eigenvalue weighted by atomic mass is 10.5. The predicted molar refractivity (Wildman–Crippen MR) is 49.3 cm³/mol. The van der Waals surface area contributed by atoms with E-state index in [4.69, 9.17) is 4.74 Å². The Bertz CT molecular complexity index is 227. The summed E-state index contributed by atoms with van der Waals surface area (Å²) in [6, 6.07) is 0. The van der Waals surface area contributed by atoms with E-state index < -0.39 is 12.2 Å². The lowest BCUT2D eigenvalue weighted by molar-refractivity contribution is 0.0344. The normalized spacial score (nSPS) is 15.9. The Morgan fingerprint density at radius 3 is 2.67 bits per heavy atom. The molecule has 1 rings (SSSR count). The third-order valence-corrected chi connectivity index (χ3v) is 1.81. The largest absolute Gasteiger partial charge is 0.418 e. The van der Waals surface area contributed by atoms with Crippen molar-refractivity contribution < 1.29 is 23.8 Å². The van der Waals surface area contributed by atoms with Crippen LogP contribution in [0.4, 0.5) is 9.59 Å². The van der Waals surface area contributed by atoms with Gasteiger partial charge in [0.1, 0.15) is 6.73 Å². The van der Waals surface area contributed by atoms with Crippen LogP contribution in [0.5, 0.6) is 0 Å². The summed E-state index contributed by atoms with van der Waals surface area (Å²) in [5, 5.41) is 2.24. The number of nitrogens with one attached hydrogen (secondary N) is 1. The van der Waals surface area contributed by atoms with Crippen molar-refractivity contribution in [3.63, 3.8) is 0 Å². The number of amides is 2. The van der Waals surface area contributed by atoms with Gasteiger partial charge in [0, 0.05) is 20.2 Å². The standard InChI is InChI=1S/C8H14N2O5/c1-13-6-9-7(11)15-8(12)10-2-4-14-5-3-10/h2-6H2,1H3,(H,9,11). The number of carbonyl (C=O) groups is 2. The maximum Gasteiger partial charge on any atom is 0.418 e. The van der Waals surface area contributed by atoms with Crippen molar-refractivity contribution >= 4 is 12.2 Å². The van der Waals surface area contributed by atoms with Gasteiger partial charge in [-0.2, -0.15) is 0 Å². The van der Waals surface area contributed by atoms with Crippen LogP contribution in [0.15, 0.2) is 0 Å². The van der Waals surface area contributed by atoms with E-state index >= 15 is 0 Å². The molecule has 0 atom stereocenters. The zero-order chi connectivity index (χ0) is 11.1. The highest BCUT2D eigenvalue weighted by Crippen LogP contribution is 1.99. The fourth-order valence-electron chi connectivity index (χ4n) is 1.06. The first-order chi connectivity index (χ1) is 7.24. The molecule has 1 fully saturated rings. The van der Waals surface area contributed by atoms with Gasteiger partial charge >= 0.3 is 12.2 Å². The van der Waals surface area contributed by atoms with Crippen LogP contribution in [0.3, 0.4) is 0 Å². The van der Waals surface area contributed by atoms with Gasteiger partial charge in [-0.05, 0) is 0 Å². The molecule has 86 valence electrons. The zero-order valence-corrected chi connectivity index (χ0v) is 8.52. The summed E-state index contributed by atoms with van der Waals surface area (Å²) in [5.41, 5.74) is 0. The molecule has 1 aliphatic heterocycles. The van der Waals surface area contributed by atoms with Gasteiger partial charge in [-0.1, -0.05) is 0 Å². The second-order valence-electron chi connectivity index (χ2n) is 2.86. The SMILES string of the molecule is COCNC(=O)OC(=O)N1CCOCC1. The summed E-state index contributed by atoms with van der Waals surface area (Å²) in [4.78, 5) is 23.7. The molecule has 7 heteroatoms. The maximum absolute atomic E-state index is 11.3. The molecule has 0 radical (unpaired) electrons. The molecule has 1 heterocycles.